The van der Waals surface area contributed by atoms with Crippen LogP contribution in [0.2, 0.25) is 0 Å². The summed E-state index contributed by atoms with van der Waals surface area (Å²) in [5.41, 5.74) is 7.58. The van der Waals surface area contributed by atoms with Crippen molar-refractivity contribution in [2.24, 2.45) is 11.7 Å². The maximum Gasteiger partial charge on any atom is 0.261 e. The molecule has 0 saturated carbocycles. The lowest BCUT2D eigenvalue weighted by atomic mass is 9.99. The smallest absolute Gasteiger partial charge is 0.261 e. The van der Waals surface area contributed by atoms with Gasteiger partial charge in [0.15, 0.2) is 0 Å². The highest BCUT2D eigenvalue weighted by Gasteiger charge is 2.17. The standard InChI is InChI=1S/C19H22N2O3.CH4O3S/c1-13-2-4-15(5-3-13)16-11-21(10-14-6-8-24-9-7-14)12-17(18(16)22)19(20)23;1-5(2,3)4/h2-5,11-12,14H,6-10H2,1H3,(H2,20,23);1H3,(H,2,3,4). The van der Waals surface area contributed by atoms with E-state index in [9.17, 15) is 18.0 Å². The zero-order chi connectivity index (χ0) is 21.6. The number of pyridine rings is 1. The summed E-state index contributed by atoms with van der Waals surface area (Å²) in [5.74, 6) is -0.206. The zero-order valence-corrected chi connectivity index (χ0v) is 17.3. The number of nitrogens with two attached hydrogens (primary N) is 1. The number of hydrogen-bond donors (Lipinski definition) is 2. The van der Waals surface area contributed by atoms with E-state index in [0.29, 0.717) is 17.7 Å². The molecule has 3 N–H and O–H groups in total. The highest BCUT2D eigenvalue weighted by atomic mass is 32.2. The highest BCUT2D eigenvalue weighted by molar-refractivity contribution is 7.85. The van der Waals surface area contributed by atoms with Gasteiger partial charge in [0.25, 0.3) is 16.0 Å². The lowest BCUT2D eigenvalue weighted by Gasteiger charge is -2.23. The van der Waals surface area contributed by atoms with Gasteiger partial charge in [-0.1, -0.05) is 29.8 Å². The number of carbonyl (C=O) groups excluding carboxylic acids is 1. The van der Waals surface area contributed by atoms with Gasteiger partial charge in [0.2, 0.25) is 5.43 Å². The number of nitrogens with zero attached hydrogens (tertiary/aromatic N) is 1. The average Bonchev–Trinajstić information content (AvgIpc) is 2.63. The molecule has 158 valence electrons. The number of aryl methyl sites for hydroxylation is 1. The molecule has 0 unspecified atom stereocenters. The average molecular weight is 423 g/mol. The van der Waals surface area contributed by atoms with Crippen molar-refractivity contribution in [3.63, 3.8) is 0 Å². The highest BCUT2D eigenvalue weighted by Crippen LogP contribution is 2.20. The minimum Gasteiger partial charge on any atom is -0.381 e. The molecule has 1 fully saturated rings. The van der Waals surface area contributed by atoms with E-state index in [1.165, 1.54) is 0 Å². The van der Waals surface area contributed by atoms with Crippen LogP contribution in [0.5, 0.6) is 0 Å². The first-order valence-corrected chi connectivity index (χ1v) is 11.0. The molecule has 1 saturated heterocycles. The molecule has 2 heterocycles. The Morgan fingerprint density at radius 2 is 1.76 bits per heavy atom. The van der Waals surface area contributed by atoms with Crippen molar-refractivity contribution >= 4 is 16.0 Å². The molecule has 1 aliphatic heterocycles. The van der Waals surface area contributed by atoms with E-state index in [2.05, 4.69) is 0 Å². The first kappa shape index (κ1) is 22.8. The molecule has 1 amide bonds. The first-order valence-electron chi connectivity index (χ1n) is 9.15. The number of benzene rings is 1. The molecule has 3 rings (SSSR count). The van der Waals surface area contributed by atoms with Gasteiger partial charge in [-0.05, 0) is 31.2 Å². The second kappa shape index (κ2) is 9.82. The Bertz CT molecular complexity index is 998. The predicted octanol–water partition coefficient (Wildman–Crippen LogP) is 1.85. The molecule has 29 heavy (non-hydrogen) atoms. The van der Waals surface area contributed by atoms with E-state index in [1.807, 2.05) is 42.0 Å². The minimum absolute atomic E-state index is 0.0418. The van der Waals surface area contributed by atoms with Crippen LogP contribution in [0.1, 0.15) is 28.8 Å². The second-order valence-electron chi connectivity index (χ2n) is 7.13. The summed E-state index contributed by atoms with van der Waals surface area (Å²) in [6.45, 7) is 4.27. The van der Waals surface area contributed by atoms with Gasteiger partial charge in [-0.25, -0.2) is 0 Å². The molecule has 9 heteroatoms. The summed E-state index contributed by atoms with van der Waals surface area (Å²) in [4.78, 5) is 24.3. The largest absolute Gasteiger partial charge is 0.381 e. The van der Waals surface area contributed by atoms with Crippen molar-refractivity contribution in [2.75, 3.05) is 19.5 Å². The molecule has 8 nitrogen and oxygen atoms in total. The number of ether oxygens (including phenoxy) is 1. The summed E-state index contributed by atoms with van der Waals surface area (Å²) in [6, 6.07) is 7.70. The fourth-order valence-corrected chi connectivity index (χ4v) is 3.08. The molecule has 0 radical (unpaired) electrons. The first-order chi connectivity index (χ1) is 13.5. The summed E-state index contributed by atoms with van der Waals surface area (Å²) >= 11 is 0. The van der Waals surface area contributed by atoms with E-state index in [-0.39, 0.29) is 11.0 Å². The third-order valence-electron chi connectivity index (χ3n) is 4.52. The van der Waals surface area contributed by atoms with Gasteiger partial charge in [-0.2, -0.15) is 8.42 Å². The molecule has 0 bridgehead atoms. The number of primary amides is 1. The number of aromatic nitrogens is 1. The fraction of sp³-hybridized carbons (Fsp3) is 0.400. The molecule has 1 aromatic carbocycles. The second-order valence-corrected chi connectivity index (χ2v) is 8.60. The van der Waals surface area contributed by atoms with Crippen LogP contribution in [-0.4, -0.2) is 42.9 Å². The van der Waals surface area contributed by atoms with Gasteiger partial charge in [0, 0.05) is 37.7 Å². The van der Waals surface area contributed by atoms with E-state index in [4.69, 9.17) is 15.0 Å². The molecule has 2 aromatic rings. The van der Waals surface area contributed by atoms with Crippen molar-refractivity contribution in [2.45, 2.75) is 26.3 Å². The number of hydrogen-bond acceptors (Lipinski definition) is 5. The maximum absolute atomic E-state index is 12.6. The summed E-state index contributed by atoms with van der Waals surface area (Å²) in [5, 5.41) is 0. The van der Waals surface area contributed by atoms with Gasteiger partial charge < -0.3 is 15.0 Å². The van der Waals surface area contributed by atoms with E-state index in [1.54, 1.807) is 6.20 Å². The summed E-state index contributed by atoms with van der Waals surface area (Å²) in [6.07, 6.45) is 6.09. The van der Waals surface area contributed by atoms with Crippen LogP contribution < -0.4 is 11.2 Å². The van der Waals surface area contributed by atoms with E-state index >= 15 is 0 Å². The van der Waals surface area contributed by atoms with E-state index < -0.39 is 16.0 Å². The quantitative estimate of drug-likeness (QED) is 0.724. The fourth-order valence-electron chi connectivity index (χ4n) is 3.08. The molecule has 0 atom stereocenters. The molecule has 1 aliphatic rings. The Hall–Kier alpha value is -2.49. The molecule has 1 aromatic heterocycles. The number of rotatable bonds is 4. The van der Waals surface area contributed by atoms with Crippen molar-refractivity contribution in [1.29, 1.82) is 0 Å². The molecular formula is C20H26N2O6S. The molecule has 0 spiro atoms. The van der Waals surface area contributed by atoms with Crippen molar-refractivity contribution in [3.8, 4) is 11.1 Å². The van der Waals surface area contributed by atoms with Gasteiger partial charge in [-0.3, -0.25) is 14.1 Å². The normalized spacial score (nSPS) is 14.7. The lowest BCUT2D eigenvalue weighted by Crippen LogP contribution is -2.27. The maximum atomic E-state index is 12.6. The van der Waals surface area contributed by atoms with Gasteiger partial charge >= 0.3 is 0 Å². The SMILES string of the molecule is CS(=O)(=O)O.Cc1ccc(-c2cn(CC3CCOCC3)cc(C(N)=O)c2=O)cc1. The zero-order valence-electron chi connectivity index (χ0n) is 16.5. The van der Waals surface area contributed by atoms with Crippen LogP contribution in [-0.2, 0) is 21.4 Å². The van der Waals surface area contributed by atoms with Gasteiger partial charge in [0.05, 0.1) is 6.26 Å². The Morgan fingerprint density at radius 1 is 1.21 bits per heavy atom. The Kier molecular flexibility index (Phi) is 7.72. The molecular weight excluding hydrogens is 396 g/mol. The lowest BCUT2D eigenvalue weighted by molar-refractivity contribution is 0.0612. The van der Waals surface area contributed by atoms with E-state index in [0.717, 1.165) is 43.7 Å². The Labute approximate surface area is 170 Å². The van der Waals surface area contributed by atoms with Gasteiger partial charge in [-0.15, -0.1) is 0 Å². The van der Waals surface area contributed by atoms with Crippen LogP contribution in [0.4, 0.5) is 0 Å². The van der Waals surface area contributed by atoms with Crippen molar-refractivity contribution in [3.05, 3.63) is 58.0 Å². The van der Waals surface area contributed by atoms with Gasteiger partial charge in [0.1, 0.15) is 5.56 Å². The van der Waals surface area contributed by atoms with Crippen LogP contribution in [0.15, 0.2) is 41.5 Å². The molecule has 0 aliphatic carbocycles. The van der Waals surface area contributed by atoms with Crippen molar-refractivity contribution < 1.29 is 22.5 Å². The Balaban J connectivity index is 0.000000537. The van der Waals surface area contributed by atoms with Crippen LogP contribution in [0.25, 0.3) is 11.1 Å². The monoisotopic (exact) mass is 422 g/mol. The number of carbonyl (C=O) groups is 1. The van der Waals surface area contributed by atoms with Crippen LogP contribution in [0.3, 0.4) is 0 Å². The van der Waals surface area contributed by atoms with Crippen LogP contribution in [0, 0.1) is 12.8 Å². The summed E-state index contributed by atoms with van der Waals surface area (Å²) in [7, 11) is -3.67. The predicted molar refractivity (Wildman–Crippen MR) is 110 cm³/mol. The van der Waals surface area contributed by atoms with Crippen LogP contribution >= 0.6 is 0 Å². The summed E-state index contributed by atoms with van der Waals surface area (Å²) < 4.78 is 33.2. The Morgan fingerprint density at radius 3 is 2.28 bits per heavy atom. The number of amides is 1. The third-order valence-corrected chi connectivity index (χ3v) is 4.52. The third kappa shape index (κ3) is 7.45. The van der Waals surface area contributed by atoms with Crippen molar-refractivity contribution in [1.82, 2.24) is 4.57 Å². The topological polar surface area (TPSA) is 129 Å². The minimum atomic E-state index is -3.67.